The van der Waals surface area contributed by atoms with Gasteiger partial charge in [-0.05, 0) is 47.1 Å². The van der Waals surface area contributed by atoms with Crippen molar-refractivity contribution in [3.8, 4) is 11.3 Å². The summed E-state index contributed by atoms with van der Waals surface area (Å²) in [5, 5.41) is 56.8. The quantitative estimate of drug-likeness (QED) is 0.410. The standard InChI is InChI=1S/C32H41N3O6/c1-16-19-11-12-22-30-15-41-32(40,31(22,24(16)36)25(19)37)27(39)23(30)29(5,6)13-21(26(30)38)35-14-20(33-34-35)17-7-9-18(10-8-17)28(2,3)4/h7-10,14,19,21-23,25-27,37-40H,1,11-13,15H2,2-6H3/t19-,21-,22-,23+,25+,26+,27-,30-,31-,32+/m0/s1. The van der Waals surface area contributed by atoms with Gasteiger partial charge in [-0.2, -0.15) is 0 Å². The maximum Gasteiger partial charge on any atom is 0.208 e. The van der Waals surface area contributed by atoms with Gasteiger partial charge in [0.15, 0.2) is 5.78 Å². The van der Waals surface area contributed by atoms with Crippen LogP contribution in [0.4, 0.5) is 0 Å². The van der Waals surface area contributed by atoms with Crippen molar-refractivity contribution in [2.75, 3.05) is 6.61 Å². The second kappa shape index (κ2) is 8.14. The molecule has 1 aromatic carbocycles. The lowest BCUT2D eigenvalue weighted by Gasteiger charge is -2.75. The Bertz CT molecular complexity index is 1440. The zero-order chi connectivity index (χ0) is 29.5. The Morgan fingerprint density at radius 3 is 2.39 bits per heavy atom. The third-order valence-electron chi connectivity index (χ3n) is 11.7. The normalized spacial score (nSPS) is 44.6. The summed E-state index contributed by atoms with van der Waals surface area (Å²) in [5.41, 5.74) is -0.355. The fraction of sp³-hybridized carbons (Fsp3) is 0.656. The minimum absolute atomic E-state index is 0.0275. The molecule has 41 heavy (non-hydrogen) atoms. The minimum Gasteiger partial charge on any atom is -0.391 e. The highest BCUT2D eigenvalue weighted by Crippen LogP contribution is 2.77. The first-order valence-electron chi connectivity index (χ1n) is 14.8. The number of aliphatic hydroxyl groups excluding tert-OH is 3. The third-order valence-corrected chi connectivity index (χ3v) is 11.7. The topological polar surface area (TPSA) is 138 Å². The minimum atomic E-state index is -2.26. The smallest absolute Gasteiger partial charge is 0.208 e. The number of carbonyl (C=O) groups is 1. The number of ketones is 1. The molecule has 6 aliphatic rings. The van der Waals surface area contributed by atoms with Crippen LogP contribution in [0.1, 0.15) is 65.5 Å². The first-order chi connectivity index (χ1) is 19.1. The maximum atomic E-state index is 13.9. The Morgan fingerprint density at radius 2 is 1.73 bits per heavy atom. The lowest BCUT2D eigenvalue weighted by atomic mass is 9.35. The number of aliphatic hydroxyl groups is 4. The van der Waals surface area contributed by atoms with Gasteiger partial charge >= 0.3 is 0 Å². The summed E-state index contributed by atoms with van der Waals surface area (Å²) in [6.45, 7) is 14.5. The van der Waals surface area contributed by atoms with E-state index in [4.69, 9.17) is 4.74 Å². The van der Waals surface area contributed by atoms with E-state index < -0.39 is 69.9 Å². The van der Waals surface area contributed by atoms with E-state index in [0.717, 1.165) is 5.56 Å². The largest absolute Gasteiger partial charge is 0.391 e. The number of carbonyl (C=O) groups excluding carboxylic acids is 1. The zero-order valence-corrected chi connectivity index (χ0v) is 24.4. The lowest BCUT2D eigenvalue weighted by molar-refractivity contribution is -0.461. The van der Waals surface area contributed by atoms with Crippen molar-refractivity contribution in [1.82, 2.24) is 15.0 Å². The van der Waals surface area contributed by atoms with E-state index >= 15 is 0 Å². The van der Waals surface area contributed by atoms with Crippen LogP contribution in [0.15, 0.2) is 42.6 Å². The van der Waals surface area contributed by atoms with Crippen LogP contribution in [0.25, 0.3) is 11.3 Å². The summed E-state index contributed by atoms with van der Waals surface area (Å²) in [4.78, 5) is 13.9. The number of hydrogen-bond acceptors (Lipinski definition) is 8. The highest BCUT2D eigenvalue weighted by molar-refractivity contribution is 6.05. The molecule has 8 rings (SSSR count). The van der Waals surface area contributed by atoms with Gasteiger partial charge in [-0.15, -0.1) is 5.10 Å². The molecule has 0 unspecified atom stereocenters. The van der Waals surface area contributed by atoms with Gasteiger partial charge in [0.05, 0.1) is 31.1 Å². The van der Waals surface area contributed by atoms with Crippen LogP contribution in [0.3, 0.4) is 0 Å². The molecule has 1 aromatic heterocycles. The van der Waals surface area contributed by atoms with Crippen LogP contribution in [0.5, 0.6) is 0 Å². The van der Waals surface area contributed by atoms with Crippen molar-refractivity contribution in [3.05, 3.63) is 48.2 Å². The molecule has 4 N–H and O–H groups in total. The van der Waals surface area contributed by atoms with Gasteiger partial charge in [0.1, 0.15) is 17.2 Å². The molecule has 9 heteroatoms. The van der Waals surface area contributed by atoms with Crippen molar-refractivity contribution in [3.63, 3.8) is 0 Å². The third kappa shape index (κ3) is 3.06. The molecule has 9 nitrogen and oxygen atoms in total. The summed E-state index contributed by atoms with van der Waals surface area (Å²) < 4.78 is 7.76. The SMILES string of the molecule is C=C1C(=O)[C@]23[C@H](O)[C@H]1CC[C@H]2[C@@]12CO[C@]3(O)[C@@H](O)[C@@H]1C(C)(C)C[C@H](n1cc(-c3ccc(C(C)(C)C)cc3)nn1)[C@H]2O. The molecule has 2 aliphatic heterocycles. The number of nitrogens with zero attached hydrogens (tertiary/aromatic N) is 3. The van der Waals surface area contributed by atoms with Crippen LogP contribution >= 0.6 is 0 Å². The first kappa shape index (κ1) is 27.4. The molecule has 0 radical (unpaired) electrons. The maximum absolute atomic E-state index is 13.9. The van der Waals surface area contributed by atoms with E-state index in [1.807, 2.05) is 32.2 Å². The number of hydrogen-bond donors (Lipinski definition) is 4. The second-order valence-electron chi connectivity index (χ2n) is 15.0. The van der Waals surface area contributed by atoms with Gasteiger partial charge in [-0.25, -0.2) is 4.68 Å². The monoisotopic (exact) mass is 563 g/mol. The Morgan fingerprint density at radius 1 is 1.05 bits per heavy atom. The molecule has 2 aromatic rings. The molecule has 6 fully saturated rings. The molecule has 4 aliphatic carbocycles. The predicted octanol–water partition coefficient (Wildman–Crippen LogP) is 2.78. The van der Waals surface area contributed by atoms with E-state index in [2.05, 4.69) is 49.8 Å². The van der Waals surface area contributed by atoms with E-state index in [1.54, 1.807) is 4.68 Å². The Labute approximate surface area is 240 Å². The molecule has 2 spiro atoms. The summed E-state index contributed by atoms with van der Waals surface area (Å²) in [6, 6.07) is 7.71. The van der Waals surface area contributed by atoms with E-state index in [9.17, 15) is 25.2 Å². The number of fused-ring (bicyclic) bond motifs is 2. The van der Waals surface area contributed by atoms with Gasteiger partial charge in [-0.1, -0.05) is 70.7 Å². The molecule has 4 bridgehead atoms. The van der Waals surface area contributed by atoms with Gasteiger partial charge in [0.2, 0.25) is 5.79 Å². The summed E-state index contributed by atoms with van der Waals surface area (Å²) in [7, 11) is 0. The lowest BCUT2D eigenvalue weighted by Crippen LogP contribution is -2.86. The van der Waals surface area contributed by atoms with E-state index in [0.29, 0.717) is 25.0 Å². The van der Waals surface area contributed by atoms with Crippen molar-refractivity contribution < 1.29 is 30.0 Å². The second-order valence-corrected chi connectivity index (χ2v) is 15.0. The fourth-order valence-corrected chi connectivity index (χ4v) is 9.99. The van der Waals surface area contributed by atoms with Crippen molar-refractivity contribution >= 4 is 5.78 Å². The molecule has 3 heterocycles. The van der Waals surface area contributed by atoms with Crippen LogP contribution < -0.4 is 0 Å². The average Bonchev–Trinajstić information content (AvgIpc) is 3.43. The molecule has 10 atom stereocenters. The van der Waals surface area contributed by atoms with Crippen LogP contribution in [-0.2, 0) is 14.9 Å². The Balaban J connectivity index is 1.32. The Kier molecular flexibility index (Phi) is 5.44. The number of benzene rings is 1. The highest BCUT2D eigenvalue weighted by Gasteiger charge is 2.87. The average molecular weight is 564 g/mol. The van der Waals surface area contributed by atoms with Crippen LogP contribution in [-0.4, -0.2) is 71.9 Å². The van der Waals surface area contributed by atoms with Crippen molar-refractivity contribution in [2.24, 2.45) is 34.0 Å². The number of Topliss-reactive ketones (excluding diaryl/α,β-unsaturated/α-hetero) is 1. The summed E-state index contributed by atoms with van der Waals surface area (Å²) in [5.74, 6) is -4.40. The van der Waals surface area contributed by atoms with E-state index in [-0.39, 0.29) is 17.6 Å². The van der Waals surface area contributed by atoms with Crippen LogP contribution in [0, 0.1) is 34.0 Å². The molecular formula is C32H41N3O6. The first-order valence-corrected chi connectivity index (χ1v) is 14.8. The Hall–Kier alpha value is -2.43. The summed E-state index contributed by atoms with van der Waals surface area (Å²) in [6.07, 6.45) is -0.470. The zero-order valence-electron chi connectivity index (χ0n) is 24.4. The molecule has 0 amide bonds. The van der Waals surface area contributed by atoms with Gasteiger partial charge in [0, 0.05) is 22.8 Å². The van der Waals surface area contributed by atoms with Crippen LogP contribution in [0.2, 0.25) is 0 Å². The van der Waals surface area contributed by atoms with Crippen molar-refractivity contribution in [2.45, 2.75) is 89.4 Å². The number of rotatable bonds is 2. The number of aromatic nitrogens is 3. The van der Waals surface area contributed by atoms with Gasteiger partial charge in [-0.3, -0.25) is 4.79 Å². The van der Waals surface area contributed by atoms with Gasteiger partial charge in [0.25, 0.3) is 0 Å². The highest BCUT2D eigenvalue weighted by atomic mass is 16.6. The predicted molar refractivity (Wildman–Crippen MR) is 149 cm³/mol. The fourth-order valence-electron chi connectivity index (χ4n) is 9.99. The molecule has 4 saturated carbocycles. The molecule has 2 saturated heterocycles. The number of ether oxygens (including phenoxy) is 1. The molecular weight excluding hydrogens is 522 g/mol. The van der Waals surface area contributed by atoms with Crippen molar-refractivity contribution in [1.29, 1.82) is 0 Å². The van der Waals surface area contributed by atoms with E-state index in [1.165, 1.54) is 5.56 Å². The molecule has 220 valence electrons. The van der Waals surface area contributed by atoms with Gasteiger partial charge < -0.3 is 25.2 Å². The summed E-state index contributed by atoms with van der Waals surface area (Å²) >= 11 is 0.